The summed E-state index contributed by atoms with van der Waals surface area (Å²) in [4.78, 5) is 23.4. The van der Waals surface area contributed by atoms with E-state index in [4.69, 9.17) is 0 Å². The zero-order valence-electron chi connectivity index (χ0n) is 17.4. The van der Waals surface area contributed by atoms with Crippen LogP contribution in [0, 0.1) is 17.0 Å². The topological polar surface area (TPSA) is 97.6 Å². The second kappa shape index (κ2) is 8.64. The lowest BCUT2D eigenvalue weighted by Gasteiger charge is -2.40. The summed E-state index contributed by atoms with van der Waals surface area (Å²) in [6.07, 6.45) is 0.0742. The number of ketones is 1. The van der Waals surface area contributed by atoms with Crippen LogP contribution >= 0.6 is 0 Å². The minimum Gasteiger partial charge on any atom is -0.300 e. The number of non-ortho nitro benzene ring substituents is 1. The van der Waals surface area contributed by atoms with E-state index in [0.29, 0.717) is 5.56 Å². The molecule has 1 fully saturated rings. The minimum atomic E-state index is -3.98. The van der Waals surface area contributed by atoms with E-state index in [1.807, 2.05) is 37.3 Å². The number of piperidine rings is 1. The number of nitro groups is 1. The second-order valence-electron chi connectivity index (χ2n) is 7.89. The van der Waals surface area contributed by atoms with Crippen LogP contribution in [0.3, 0.4) is 0 Å². The summed E-state index contributed by atoms with van der Waals surface area (Å²) in [5.41, 5.74) is 2.11. The lowest BCUT2D eigenvalue weighted by molar-refractivity contribution is -0.384. The van der Waals surface area contributed by atoms with E-state index in [9.17, 15) is 23.3 Å². The molecule has 0 aromatic heterocycles. The average Bonchev–Trinajstić information content (AvgIpc) is 2.79. The molecule has 4 rings (SSSR count). The highest BCUT2D eigenvalue weighted by molar-refractivity contribution is 7.89. The van der Waals surface area contributed by atoms with Crippen molar-refractivity contribution in [3.63, 3.8) is 0 Å². The quantitative estimate of drug-likeness (QED) is 0.413. The summed E-state index contributed by atoms with van der Waals surface area (Å²) in [5.74, 6) is -0.0578. The Kier molecular flexibility index (Phi) is 5.90. The monoisotopic (exact) mass is 450 g/mol. The van der Waals surface area contributed by atoms with Gasteiger partial charge in [0.1, 0.15) is 5.78 Å². The third kappa shape index (κ3) is 4.19. The predicted octanol–water partition coefficient (Wildman–Crippen LogP) is 4.74. The fourth-order valence-electron chi connectivity index (χ4n) is 4.10. The standard InChI is InChI=1S/C24H22N2O5S/c1-17-7-13-22(14-8-17)32(30,31)25-23(18-5-3-2-4-6-18)15-21(27)16-24(25)19-9-11-20(12-10-19)26(28)29/h2-14,23-24H,15-16H2,1H3/t23-,24+/m0/s1. The average molecular weight is 451 g/mol. The third-order valence-corrected chi connectivity index (χ3v) is 7.66. The molecule has 1 aliphatic heterocycles. The molecule has 0 spiro atoms. The van der Waals surface area contributed by atoms with E-state index in [1.165, 1.54) is 28.6 Å². The molecule has 7 nitrogen and oxygen atoms in total. The molecule has 1 aliphatic rings. The first-order valence-electron chi connectivity index (χ1n) is 10.2. The van der Waals surface area contributed by atoms with Gasteiger partial charge in [0.15, 0.2) is 0 Å². The van der Waals surface area contributed by atoms with Crippen LogP contribution in [0.5, 0.6) is 0 Å². The van der Waals surface area contributed by atoms with Gasteiger partial charge in [-0.25, -0.2) is 8.42 Å². The molecule has 0 aliphatic carbocycles. The number of hydrogen-bond donors (Lipinski definition) is 0. The molecule has 2 atom stereocenters. The zero-order valence-corrected chi connectivity index (χ0v) is 18.2. The Morgan fingerprint density at radius 3 is 1.91 bits per heavy atom. The van der Waals surface area contributed by atoms with Gasteiger partial charge in [0.25, 0.3) is 5.69 Å². The van der Waals surface area contributed by atoms with E-state index in [-0.39, 0.29) is 29.2 Å². The molecule has 0 saturated carbocycles. The Morgan fingerprint density at radius 2 is 1.38 bits per heavy atom. The Balaban J connectivity index is 1.86. The van der Waals surface area contributed by atoms with Gasteiger partial charge in [0.05, 0.1) is 21.9 Å². The summed E-state index contributed by atoms with van der Waals surface area (Å²) in [5, 5.41) is 11.1. The maximum atomic E-state index is 13.9. The number of rotatable bonds is 5. The van der Waals surface area contributed by atoms with Crippen LogP contribution in [-0.2, 0) is 14.8 Å². The summed E-state index contributed by atoms with van der Waals surface area (Å²) >= 11 is 0. The third-order valence-electron chi connectivity index (χ3n) is 5.73. The molecule has 0 unspecified atom stereocenters. The molecular formula is C24H22N2O5S. The molecule has 8 heteroatoms. The molecule has 1 heterocycles. The van der Waals surface area contributed by atoms with Gasteiger partial charge in [-0.1, -0.05) is 60.2 Å². The SMILES string of the molecule is Cc1ccc(S(=O)(=O)N2[C@@H](c3ccc([N+](=O)[O-])cc3)CC(=O)C[C@H]2c2ccccc2)cc1. The van der Waals surface area contributed by atoms with Gasteiger partial charge in [-0.15, -0.1) is 0 Å². The molecular weight excluding hydrogens is 428 g/mol. The molecule has 0 bridgehead atoms. The van der Waals surface area contributed by atoms with Crippen molar-refractivity contribution >= 4 is 21.5 Å². The number of sulfonamides is 1. The molecule has 1 saturated heterocycles. The van der Waals surface area contributed by atoms with Crippen LogP contribution in [0.4, 0.5) is 5.69 Å². The number of carbonyl (C=O) groups is 1. The largest absolute Gasteiger partial charge is 0.300 e. The van der Waals surface area contributed by atoms with Crippen LogP contribution in [0.25, 0.3) is 0 Å². The molecule has 0 radical (unpaired) electrons. The van der Waals surface area contributed by atoms with Crippen LogP contribution in [0.15, 0.2) is 83.8 Å². The van der Waals surface area contributed by atoms with Crippen LogP contribution < -0.4 is 0 Å². The van der Waals surface area contributed by atoms with Crippen molar-refractivity contribution in [2.45, 2.75) is 36.7 Å². The van der Waals surface area contributed by atoms with Gasteiger partial charge in [0, 0.05) is 25.0 Å². The number of nitrogens with zero attached hydrogens (tertiary/aromatic N) is 2. The van der Waals surface area contributed by atoms with Crippen molar-refractivity contribution in [3.05, 3.63) is 106 Å². The summed E-state index contributed by atoms with van der Waals surface area (Å²) in [6, 6.07) is 20.0. The van der Waals surface area contributed by atoms with Crippen LogP contribution in [-0.4, -0.2) is 23.4 Å². The lowest BCUT2D eigenvalue weighted by Crippen LogP contribution is -2.43. The van der Waals surface area contributed by atoms with Crippen molar-refractivity contribution in [2.24, 2.45) is 0 Å². The van der Waals surface area contributed by atoms with Gasteiger partial charge in [-0.3, -0.25) is 14.9 Å². The van der Waals surface area contributed by atoms with E-state index in [0.717, 1.165) is 11.1 Å². The zero-order chi connectivity index (χ0) is 22.9. The van der Waals surface area contributed by atoms with E-state index >= 15 is 0 Å². The Hall–Kier alpha value is -3.36. The van der Waals surface area contributed by atoms with Crippen LogP contribution in [0.2, 0.25) is 0 Å². The van der Waals surface area contributed by atoms with Crippen molar-refractivity contribution in [3.8, 4) is 0 Å². The highest BCUT2D eigenvalue weighted by atomic mass is 32.2. The first-order valence-corrected chi connectivity index (χ1v) is 11.6. The number of benzene rings is 3. The maximum absolute atomic E-state index is 13.9. The first-order chi connectivity index (χ1) is 15.3. The summed E-state index contributed by atoms with van der Waals surface area (Å²) < 4.78 is 29.1. The molecule has 164 valence electrons. The van der Waals surface area contributed by atoms with Gasteiger partial charge < -0.3 is 0 Å². The summed E-state index contributed by atoms with van der Waals surface area (Å²) in [6.45, 7) is 1.88. The molecule has 3 aromatic carbocycles. The van der Waals surface area contributed by atoms with E-state index < -0.39 is 27.0 Å². The Bertz CT molecular complexity index is 1240. The fraction of sp³-hybridized carbons (Fsp3) is 0.208. The lowest BCUT2D eigenvalue weighted by atomic mass is 9.89. The van der Waals surface area contributed by atoms with Crippen molar-refractivity contribution in [2.75, 3.05) is 0 Å². The number of hydrogen-bond acceptors (Lipinski definition) is 5. The fourth-order valence-corrected chi connectivity index (χ4v) is 5.89. The maximum Gasteiger partial charge on any atom is 0.269 e. The highest BCUT2D eigenvalue weighted by Crippen LogP contribution is 2.44. The second-order valence-corrected chi connectivity index (χ2v) is 9.73. The molecule has 3 aromatic rings. The summed E-state index contributed by atoms with van der Waals surface area (Å²) in [7, 11) is -3.98. The molecule has 0 amide bonds. The number of aryl methyl sites for hydroxylation is 1. The van der Waals surface area contributed by atoms with Crippen molar-refractivity contribution in [1.82, 2.24) is 4.31 Å². The molecule has 0 N–H and O–H groups in total. The van der Waals surface area contributed by atoms with E-state index in [2.05, 4.69) is 0 Å². The van der Waals surface area contributed by atoms with Crippen molar-refractivity contribution in [1.29, 1.82) is 0 Å². The number of carbonyl (C=O) groups excluding carboxylic acids is 1. The normalized spacial score (nSPS) is 19.6. The van der Waals surface area contributed by atoms with Gasteiger partial charge >= 0.3 is 0 Å². The van der Waals surface area contributed by atoms with E-state index in [1.54, 1.807) is 24.3 Å². The Labute approximate surface area is 186 Å². The van der Waals surface area contributed by atoms with Gasteiger partial charge in [-0.2, -0.15) is 4.31 Å². The minimum absolute atomic E-state index is 0.00619. The first kappa shape index (κ1) is 21.9. The smallest absolute Gasteiger partial charge is 0.269 e. The van der Waals surface area contributed by atoms with Crippen molar-refractivity contribution < 1.29 is 18.1 Å². The van der Waals surface area contributed by atoms with Gasteiger partial charge in [-0.05, 0) is 30.2 Å². The van der Waals surface area contributed by atoms with Gasteiger partial charge in [0.2, 0.25) is 10.0 Å². The molecule has 32 heavy (non-hydrogen) atoms. The predicted molar refractivity (Wildman–Crippen MR) is 119 cm³/mol. The highest BCUT2D eigenvalue weighted by Gasteiger charge is 2.44. The Morgan fingerprint density at radius 1 is 0.844 bits per heavy atom. The number of Topliss-reactive ketones (excluding diaryl/α,β-unsaturated/α-hetero) is 1. The number of nitro benzene ring substituents is 1. The van der Waals surface area contributed by atoms with Crippen LogP contribution in [0.1, 0.15) is 41.6 Å².